The van der Waals surface area contributed by atoms with E-state index in [-0.39, 0.29) is 5.75 Å². The molecule has 2 rings (SSSR count). The zero-order chi connectivity index (χ0) is 12.3. The maximum atomic E-state index is 10.3. The molecule has 4 nitrogen and oxygen atoms in total. The lowest BCUT2D eigenvalue weighted by atomic mass is 10.3. The summed E-state index contributed by atoms with van der Waals surface area (Å²) in [6.45, 7) is 0. The lowest BCUT2D eigenvalue weighted by Crippen LogP contribution is -2.00. The molecule has 1 aromatic heterocycles. The first-order valence-corrected chi connectivity index (χ1v) is 6.62. The number of halogens is 1. The standard InChI is InChI=1S/C11H11ClN2O2S/c12-7-1-2-8-9(5-7)14-10(13-8)3-4-17-6-11(15)16/h1-2,5H,3-4,6H2,(H,13,14)(H,15,16). The highest BCUT2D eigenvalue weighted by Gasteiger charge is 2.04. The predicted octanol–water partition coefficient (Wildman–Crippen LogP) is 2.58. The summed E-state index contributed by atoms with van der Waals surface area (Å²) in [7, 11) is 0. The number of hydrogen-bond acceptors (Lipinski definition) is 3. The smallest absolute Gasteiger partial charge is 0.313 e. The Bertz CT molecular complexity index is 541. The van der Waals surface area contributed by atoms with Crippen LogP contribution in [0.3, 0.4) is 0 Å². The number of aliphatic carboxylic acids is 1. The fourth-order valence-corrected chi connectivity index (χ4v) is 2.31. The maximum absolute atomic E-state index is 10.3. The lowest BCUT2D eigenvalue weighted by Gasteiger charge is -1.95. The Labute approximate surface area is 107 Å². The molecular formula is C11H11ClN2O2S. The Kier molecular flexibility index (Phi) is 3.91. The molecule has 0 spiro atoms. The van der Waals surface area contributed by atoms with Crippen LogP contribution in [0, 0.1) is 0 Å². The van der Waals surface area contributed by atoms with Crippen LogP contribution in [0.25, 0.3) is 11.0 Å². The minimum Gasteiger partial charge on any atom is -0.481 e. The number of aromatic amines is 1. The fourth-order valence-electron chi connectivity index (χ4n) is 1.48. The number of carboxylic acids is 1. The van der Waals surface area contributed by atoms with Crippen LogP contribution < -0.4 is 0 Å². The van der Waals surface area contributed by atoms with Gasteiger partial charge in [-0.1, -0.05) is 11.6 Å². The lowest BCUT2D eigenvalue weighted by molar-refractivity contribution is -0.133. The number of thioether (sulfide) groups is 1. The second kappa shape index (κ2) is 5.42. The van der Waals surface area contributed by atoms with Gasteiger partial charge in [0, 0.05) is 17.2 Å². The molecule has 0 radical (unpaired) electrons. The van der Waals surface area contributed by atoms with Crippen molar-refractivity contribution in [1.29, 1.82) is 0 Å². The summed E-state index contributed by atoms with van der Waals surface area (Å²) in [5.74, 6) is 0.942. The maximum Gasteiger partial charge on any atom is 0.313 e. The third-order valence-electron chi connectivity index (χ3n) is 2.20. The van der Waals surface area contributed by atoms with Crippen molar-refractivity contribution in [2.45, 2.75) is 6.42 Å². The number of nitrogens with zero attached hydrogens (tertiary/aromatic N) is 1. The van der Waals surface area contributed by atoms with E-state index in [1.54, 1.807) is 6.07 Å². The summed E-state index contributed by atoms with van der Waals surface area (Å²) in [4.78, 5) is 17.9. The summed E-state index contributed by atoms with van der Waals surface area (Å²) < 4.78 is 0. The number of H-pyrrole nitrogens is 1. The van der Waals surface area contributed by atoms with Gasteiger partial charge in [0.25, 0.3) is 0 Å². The van der Waals surface area contributed by atoms with Gasteiger partial charge in [-0.05, 0) is 18.2 Å². The van der Waals surface area contributed by atoms with Crippen molar-refractivity contribution in [1.82, 2.24) is 9.97 Å². The Balaban J connectivity index is 1.97. The first kappa shape index (κ1) is 12.3. The molecule has 90 valence electrons. The fraction of sp³-hybridized carbons (Fsp3) is 0.273. The molecule has 0 saturated heterocycles. The molecule has 0 fully saturated rings. The third kappa shape index (κ3) is 3.38. The highest BCUT2D eigenvalue weighted by atomic mass is 35.5. The van der Waals surface area contributed by atoms with Crippen molar-refractivity contribution in [2.24, 2.45) is 0 Å². The number of aromatic nitrogens is 2. The van der Waals surface area contributed by atoms with Gasteiger partial charge in [0.1, 0.15) is 5.82 Å². The Morgan fingerprint density at radius 2 is 2.35 bits per heavy atom. The molecule has 0 aliphatic carbocycles. The highest BCUT2D eigenvalue weighted by molar-refractivity contribution is 7.99. The van der Waals surface area contributed by atoms with E-state index >= 15 is 0 Å². The molecule has 2 aromatic rings. The summed E-state index contributed by atoms with van der Waals surface area (Å²) in [5, 5.41) is 9.17. The third-order valence-corrected chi connectivity index (χ3v) is 3.38. The number of rotatable bonds is 5. The molecule has 0 bridgehead atoms. The topological polar surface area (TPSA) is 66.0 Å². The summed E-state index contributed by atoms with van der Waals surface area (Å²) in [6.07, 6.45) is 0.726. The molecule has 17 heavy (non-hydrogen) atoms. The summed E-state index contributed by atoms with van der Waals surface area (Å²) >= 11 is 7.26. The number of nitrogens with one attached hydrogen (secondary N) is 1. The van der Waals surface area contributed by atoms with Gasteiger partial charge in [0.2, 0.25) is 0 Å². The average molecular weight is 271 g/mol. The Morgan fingerprint density at radius 3 is 3.12 bits per heavy atom. The van der Waals surface area contributed by atoms with E-state index in [0.29, 0.717) is 5.02 Å². The van der Waals surface area contributed by atoms with Crippen LogP contribution in [-0.2, 0) is 11.2 Å². The average Bonchev–Trinajstić information content (AvgIpc) is 2.66. The van der Waals surface area contributed by atoms with Gasteiger partial charge in [-0.25, -0.2) is 4.98 Å². The minimum atomic E-state index is -0.786. The molecule has 0 atom stereocenters. The van der Waals surface area contributed by atoms with Gasteiger partial charge >= 0.3 is 5.97 Å². The van der Waals surface area contributed by atoms with Gasteiger partial charge < -0.3 is 10.1 Å². The van der Waals surface area contributed by atoms with Crippen LogP contribution in [0.5, 0.6) is 0 Å². The van der Waals surface area contributed by atoms with Crippen molar-refractivity contribution in [2.75, 3.05) is 11.5 Å². The first-order chi connectivity index (χ1) is 8.15. The van der Waals surface area contributed by atoms with Crippen molar-refractivity contribution in [3.05, 3.63) is 29.0 Å². The van der Waals surface area contributed by atoms with Crippen LogP contribution in [0.1, 0.15) is 5.82 Å². The molecule has 6 heteroatoms. The van der Waals surface area contributed by atoms with Crippen LogP contribution >= 0.6 is 23.4 Å². The normalized spacial score (nSPS) is 10.9. The monoisotopic (exact) mass is 270 g/mol. The largest absolute Gasteiger partial charge is 0.481 e. The quantitative estimate of drug-likeness (QED) is 0.820. The molecule has 2 N–H and O–H groups in total. The van der Waals surface area contributed by atoms with Crippen molar-refractivity contribution in [3.8, 4) is 0 Å². The zero-order valence-corrected chi connectivity index (χ0v) is 10.5. The number of carbonyl (C=O) groups is 1. The van der Waals surface area contributed by atoms with Gasteiger partial charge in [0.15, 0.2) is 0 Å². The second-order valence-corrected chi connectivity index (χ2v) is 5.08. The van der Waals surface area contributed by atoms with E-state index < -0.39 is 5.97 Å². The number of carboxylic acid groups (broad SMARTS) is 1. The minimum absolute atomic E-state index is 0.131. The molecule has 0 saturated carbocycles. The van der Waals surface area contributed by atoms with E-state index in [2.05, 4.69) is 9.97 Å². The van der Waals surface area contributed by atoms with Crippen LogP contribution in [-0.4, -0.2) is 32.5 Å². The molecule has 1 aromatic carbocycles. The SMILES string of the molecule is O=C(O)CSCCc1nc2ccc(Cl)cc2[nH]1. The second-order valence-electron chi connectivity index (χ2n) is 3.54. The van der Waals surface area contributed by atoms with Crippen LogP contribution in [0.15, 0.2) is 18.2 Å². The van der Waals surface area contributed by atoms with Gasteiger partial charge in [-0.3, -0.25) is 4.79 Å². The molecule has 0 aliphatic heterocycles. The number of fused-ring (bicyclic) bond motifs is 1. The Morgan fingerprint density at radius 1 is 1.53 bits per heavy atom. The van der Waals surface area contributed by atoms with E-state index in [1.807, 2.05) is 12.1 Å². The molecular weight excluding hydrogens is 260 g/mol. The predicted molar refractivity (Wildman–Crippen MR) is 69.8 cm³/mol. The van der Waals surface area contributed by atoms with Crippen molar-refractivity contribution >= 4 is 40.4 Å². The van der Waals surface area contributed by atoms with Crippen LogP contribution in [0.2, 0.25) is 5.02 Å². The molecule has 0 unspecified atom stereocenters. The first-order valence-electron chi connectivity index (χ1n) is 5.09. The van der Waals surface area contributed by atoms with Crippen molar-refractivity contribution < 1.29 is 9.90 Å². The number of hydrogen-bond donors (Lipinski definition) is 2. The highest BCUT2D eigenvalue weighted by Crippen LogP contribution is 2.17. The van der Waals surface area contributed by atoms with E-state index in [9.17, 15) is 4.79 Å². The zero-order valence-electron chi connectivity index (χ0n) is 8.94. The summed E-state index contributed by atoms with van der Waals surface area (Å²) in [6, 6.07) is 5.49. The van der Waals surface area contributed by atoms with E-state index in [0.717, 1.165) is 29.0 Å². The van der Waals surface area contributed by atoms with Crippen LogP contribution in [0.4, 0.5) is 0 Å². The molecule has 0 aliphatic rings. The van der Waals surface area contributed by atoms with Gasteiger partial charge in [-0.15, -0.1) is 11.8 Å². The number of aryl methyl sites for hydroxylation is 1. The van der Waals surface area contributed by atoms with Gasteiger partial charge in [0.05, 0.1) is 16.8 Å². The molecule has 0 amide bonds. The van der Waals surface area contributed by atoms with Gasteiger partial charge in [-0.2, -0.15) is 0 Å². The number of benzene rings is 1. The number of imidazole rings is 1. The summed E-state index contributed by atoms with van der Waals surface area (Å²) in [5.41, 5.74) is 1.79. The Hall–Kier alpha value is -1.20. The van der Waals surface area contributed by atoms with E-state index in [1.165, 1.54) is 11.8 Å². The van der Waals surface area contributed by atoms with Crippen molar-refractivity contribution in [3.63, 3.8) is 0 Å². The molecule has 1 heterocycles. The van der Waals surface area contributed by atoms with E-state index in [4.69, 9.17) is 16.7 Å².